The Bertz CT molecular complexity index is 242. The van der Waals surface area contributed by atoms with E-state index in [0.29, 0.717) is 0 Å². The van der Waals surface area contributed by atoms with Crippen LogP contribution >= 0.6 is 0 Å². The molecular weight excluding hydrogens is 200 g/mol. The Hall–Kier alpha value is -0.800. The molecule has 0 amide bonds. The van der Waals surface area contributed by atoms with E-state index in [0.717, 1.165) is 51.3 Å². The van der Waals surface area contributed by atoms with Gasteiger partial charge in [0.25, 0.3) is 0 Å². The van der Waals surface area contributed by atoms with Crippen molar-refractivity contribution in [2.75, 3.05) is 32.7 Å². The summed E-state index contributed by atoms with van der Waals surface area (Å²) in [7, 11) is 0. The Morgan fingerprint density at radius 1 is 1.25 bits per heavy atom. The van der Waals surface area contributed by atoms with Gasteiger partial charge in [0.2, 0.25) is 0 Å². The fourth-order valence-electron chi connectivity index (χ4n) is 1.74. The molecule has 1 aromatic heterocycles. The summed E-state index contributed by atoms with van der Waals surface area (Å²) in [5, 5.41) is 3.46. The summed E-state index contributed by atoms with van der Waals surface area (Å²) in [6, 6.07) is 3.99. The average molecular weight is 224 g/mol. The number of nitrogens with one attached hydrogen (secondary N) is 1. The summed E-state index contributed by atoms with van der Waals surface area (Å²) >= 11 is 0. The zero-order chi connectivity index (χ0) is 11.6. The third-order valence-electron chi connectivity index (χ3n) is 2.86. The van der Waals surface area contributed by atoms with Gasteiger partial charge in [-0.25, -0.2) is 0 Å². The summed E-state index contributed by atoms with van der Waals surface area (Å²) in [6.07, 6.45) is 3.92. The van der Waals surface area contributed by atoms with Gasteiger partial charge in [0.1, 0.15) is 5.76 Å². The first kappa shape index (κ1) is 13.3. The topological polar surface area (TPSA) is 28.4 Å². The van der Waals surface area contributed by atoms with E-state index in [4.69, 9.17) is 4.42 Å². The van der Waals surface area contributed by atoms with Crippen LogP contribution in [0.1, 0.15) is 26.0 Å². The highest BCUT2D eigenvalue weighted by Gasteiger charge is 1.98. The number of rotatable bonds is 9. The van der Waals surface area contributed by atoms with E-state index < -0.39 is 0 Å². The number of hydrogen-bond acceptors (Lipinski definition) is 3. The molecule has 0 atom stereocenters. The Balaban J connectivity index is 1.92. The average Bonchev–Trinajstić information content (AvgIpc) is 2.81. The fourth-order valence-corrected chi connectivity index (χ4v) is 1.74. The fraction of sp³-hybridized carbons (Fsp3) is 0.692. The van der Waals surface area contributed by atoms with Crippen LogP contribution in [0.15, 0.2) is 22.8 Å². The minimum absolute atomic E-state index is 1.03. The standard InChI is InChI=1S/C13H24N2O/c1-3-15(4-2)11-10-14-9-5-7-13-8-6-12-16-13/h6,8,12,14H,3-5,7,9-11H2,1-2H3. The van der Waals surface area contributed by atoms with Crippen LogP contribution in [0.3, 0.4) is 0 Å². The van der Waals surface area contributed by atoms with Gasteiger partial charge in [-0.05, 0) is 38.2 Å². The molecule has 0 saturated carbocycles. The maximum absolute atomic E-state index is 5.28. The first-order valence-electron chi connectivity index (χ1n) is 6.32. The summed E-state index contributed by atoms with van der Waals surface area (Å²) < 4.78 is 5.28. The molecule has 0 unspecified atom stereocenters. The zero-order valence-electron chi connectivity index (χ0n) is 10.5. The Morgan fingerprint density at radius 2 is 2.06 bits per heavy atom. The minimum atomic E-state index is 1.03. The second-order valence-electron chi connectivity index (χ2n) is 3.96. The second-order valence-corrected chi connectivity index (χ2v) is 3.96. The first-order valence-corrected chi connectivity index (χ1v) is 6.32. The molecule has 92 valence electrons. The Morgan fingerprint density at radius 3 is 2.69 bits per heavy atom. The third kappa shape index (κ3) is 5.33. The van der Waals surface area contributed by atoms with Crippen molar-refractivity contribution < 1.29 is 4.42 Å². The molecule has 16 heavy (non-hydrogen) atoms. The van der Waals surface area contributed by atoms with Gasteiger partial charge in [-0.2, -0.15) is 0 Å². The molecule has 1 N–H and O–H groups in total. The monoisotopic (exact) mass is 224 g/mol. The first-order chi connectivity index (χ1) is 7.86. The lowest BCUT2D eigenvalue weighted by Gasteiger charge is -2.17. The number of aryl methyl sites for hydroxylation is 1. The smallest absolute Gasteiger partial charge is 0.103 e. The van der Waals surface area contributed by atoms with Gasteiger partial charge in [0.15, 0.2) is 0 Å². The third-order valence-corrected chi connectivity index (χ3v) is 2.86. The van der Waals surface area contributed by atoms with Crippen LogP contribution in [0.25, 0.3) is 0 Å². The van der Waals surface area contributed by atoms with E-state index >= 15 is 0 Å². The molecule has 1 rings (SSSR count). The second kappa shape index (κ2) is 8.36. The van der Waals surface area contributed by atoms with Crippen molar-refractivity contribution in [3.8, 4) is 0 Å². The lowest BCUT2D eigenvalue weighted by Crippen LogP contribution is -2.32. The summed E-state index contributed by atoms with van der Waals surface area (Å²) in [6.45, 7) is 10.0. The van der Waals surface area contributed by atoms with E-state index in [2.05, 4.69) is 24.1 Å². The normalized spacial score (nSPS) is 11.2. The molecule has 0 aliphatic carbocycles. The molecule has 0 aliphatic heterocycles. The Labute approximate surface area is 98.8 Å². The number of nitrogens with zero attached hydrogens (tertiary/aromatic N) is 1. The van der Waals surface area contributed by atoms with Crippen molar-refractivity contribution >= 4 is 0 Å². The molecule has 1 heterocycles. The summed E-state index contributed by atoms with van der Waals surface area (Å²) in [5.74, 6) is 1.09. The molecular formula is C13H24N2O. The van der Waals surface area contributed by atoms with Gasteiger partial charge in [0.05, 0.1) is 6.26 Å². The van der Waals surface area contributed by atoms with Crippen molar-refractivity contribution in [1.29, 1.82) is 0 Å². The van der Waals surface area contributed by atoms with Gasteiger partial charge in [-0.1, -0.05) is 13.8 Å². The van der Waals surface area contributed by atoms with E-state index in [9.17, 15) is 0 Å². The SMILES string of the molecule is CCN(CC)CCNCCCc1ccco1. The molecule has 0 fully saturated rings. The van der Waals surface area contributed by atoms with E-state index in [1.807, 2.05) is 12.1 Å². The van der Waals surface area contributed by atoms with Crippen molar-refractivity contribution in [1.82, 2.24) is 10.2 Å². The largest absolute Gasteiger partial charge is 0.469 e. The molecule has 3 nitrogen and oxygen atoms in total. The van der Waals surface area contributed by atoms with Crippen LogP contribution in [0.5, 0.6) is 0 Å². The molecule has 0 saturated heterocycles. The van der Waals surface area contributed by atoms with Gasteiger partial charge in [-0.15, -0.1) is 0 Å². The van der Waals surface area contributed by atoms with Crippen LogP contribution in [0.4, 0.5) is 0 Å². The molecule has 0 bridgehead atoms. The number of hydrogen-bond donors (Lipinski definition) is 1. The van der Waals surface area contributed by atoms with Crippen LogP contribution in [-0.4, -0.2) is 37.6 Å². The quantitative estimate of drug-likeness (QED) is 0.651. The van der Waals surface area contributed by atoms with Crippen LogP contribution in [0.2, 0.25) is 0 Å². The van der Waals surface area contributed by atoms with Crippen molar-refractivity contribution in [3.05, 3.63) is 24.2 Å². The number of likely N-dealkylation sites (N-methyl/N-ethyl adjacent to an activating group) is 1. The highest BCUT2D eigenvalue weighted by molar-refractivity contribution is 4.97. The van der Waals surface area contributed by atoms with Gasteiger partial charge < -0.3 is 14.6 Å². The predicted molar refractivity (Wildman–Crippen MR) is 67.7 cm³/mol. The zero-order valence-corrected chi connectivity index (χ0v) is 10.5. The molecule has 0 aliphatic rings. The van der Waals surface area contributed by atoms with E-state index in [1.165, 1.54) is 0 Å². The maximum atomic E-state index is 5.28. The predicted octanol–water partition coefficient (Wildman–Crippen LogP) is 2.14. The minimum Gasteiger partial charge on any atom is -0.469 e. The van der Waals surface area contributed by atoms with Crippen LogP contribution in [-0.2, 0) is 6.42 Å². The molecule has 3 heteroatoms. The van der Waals surface area contributed by atoms with Crippen LogP contribution < -0.4 is 5.32 Å². The highest BCUT2D eigenvalue weighted by Crippen LogP contribution is 2.02. The highest BCUT2D eigenvalue weighted by atomic mass is 16.3. The van der Waals surface area contributed by atoms with Crippen molar-refractivity contribution in [2.24, 2.45) is 0 Å². The summed E-state index contributed by atoms with van der Waals surface area (Å²) in [5.41, 5.74) is 0. The molecule has 1 aromatic rings. The van der Waals surface area contributed by atoms with Gasteiger partial charge >= 0.3 is 0 Å². The number of furan rings is 1. The maximum Gasteiger partial charge on any atom is 0.103 e. The van der Waals surface area contributed by atoms with Crippen LogP contribution in [0, 0.1) is 0 Å². The molecule has 0 spiro atoms. The molecule has 0 aromatic carbocycles. The lowest BCUT2D eigenvalue weighted by molar-refractivity contribution is 0.302. The van der Waals surface area contributed by atoms with E-state index in [1.54, 1.807) is 6.26 Å². The van der Waals surface area contributed by atoms with Gasteiger partial charge in [0, 0.05) is 19.5 Å². The van der Waals surface area contributed by atoms with Crippen molar-refractivity contribution in [2.45, 2.75) is 26.7 Å². The van der Waals surface area contributed by atoms with Gasteiger partial charge in [-0.3, -0.25) is 0 Å². The lowest BCUT2D eigenvalue weighted by atomic mass is 10.2. The van der Waals surface area contributed by atoms with E-state index in [-0.39, 0.29) is 0 Å². The Kier molecular flexibility index (Phi) is 6.93. The van der Waals surface area contributed by atoms with Crippen molar-refractivity contribution in [3.63, 3.8) is 0 Å². The molecule has 0 radical (unpaired) electrons. The summed E-state index contributed by atoms with van der Waals surface area (Å²) in [4.78, 5) is 2.43.